The lowest BCUT2D eigenvalue weighted by Gasteiger charge is -2.31. The number of ether oxygens (including phenoxy) is 1. The van der Waals surface area contributed by atoms with E-state index < -0.39 is 0 Å². The molecule has 0 aromatic rings. The first-order chi connectivity index (χ1) is 4.72. The molecule has 0 N–H and O–H groups in total. The van der Waals surface area contributed by atoms with Gasteiger partial charge in [0.25, 0.3) is 0 Å². The van der Waals surface area contributed by atoms with E-state index >= 15 is 0 Å². The quantitative estimate of drug-likeness (QED) is 0.547. The van der Waals surface area contributed by atoms with Gasteiger partial charge >= 0.3 is 0 Å². The zero-order chi connectivity index (χ0) is 7.56. The average molecular weight is 142 g/mol. The third kappa shape index (κ3) is 1.98. The number of hydrogen-bond donors (Lipinski definition) is 0. The van der Waals surface area contributed by atoms with Crippen molar-refractivity contribution in [3.05, 3.63) is 0 Å². The zero-order valence-electron chi connectivity index (χ0n) is 7.26. The predicted octanol–water partition coefficient (Wildman–Crippen LogP) is 2.60. The first-order valence-corrected chi connectivity index (χ1v) is 4.37. The van der Waals surface area contributed by atoms with Crippen molar-refractivity contribution in [3.8, 4) is 0 Å². The zero-order valence-corrected chi connectivity index (χ0v) is 7.26. The second-order valence-electron chi connectivity index (χ2n) is 3.55. The summed E-state index contributed by atoms with van der Waals surface area (Å²) in [5.74, 6) is 0.869. The van der Waals surface area contributed by atoms with E-state index in [9.17, 15) is 0 Å². The largest absolute Gasteiger partial charge is 0.375 e. The summed E-state index contributed by atoms with van der Waals surface area (Å²) in [6.07, 6.45) is 4.72. The molecule has 2 unspecified atom stereocenters. The summed E-state index contributed by atoms with van der Waals surface area (Å²) >= 11 is 0. The van der Waals surface area contributed by atoms with Crippen LogP contribution in [0.3, 0.4) is 0 Å². The normalized spacial score (nSPS) is 41.7. The molecule has 1 heteroatoms. The van der Waals surface area contributed by atoms with Crippen molar-refractivity contribution in [3.63, 3.8) is 0 Å². The highest BCUT2D eigenvalue weighted by Gasteiger charge is 2.22. The van der Waals surface area contributed by atoms with Crippen LogP contribution in [0.5, 0.6) is 0 Å². The maximum atomic E-state index is 5.71. The van der Waals surface area contributed by atoms with Gasteiger partial charge in [-0.3, -0.25) is 0 Å². The molecule has 0 bridgehead atoms. The Bertz CT molecular complexity index is 90.9. The van der Waals surface area contributed by atoms with E-state index in [1.165, 1.54) is 19.3 Å². The summed E-state index contributed by atoms with van der Waals surface area (Å²) in [5.41, 5.74) is 0. The smallest absolute Gasteiger partial charge is 0.0578 e. The minimum Gasteiger partial charge on any atom is -0.375 e. The van der Waals surface area contributed by atoms with Crippen LogP contribution in [0.4, 0.5) is 0 Å². The molecule has 1 aliphatic rings. The Balaban J connectivity index is 2.35. The number of rotatable bonds is 1. The maximum Gasteiger partial charge on any atom is 0.0578 e. The minimum atomic E-state index is 0.494. The molecule has 3 atom stereocenters. The van der Waals surface area contributed by atoms with Crippen LogP contribution in [0.25, 0.3) is 0 Å². The summed E-state index contributed by atoms with van der Waals surface area (Å²) in [6, 6.07) is 0. The van der Waals surface area contributed by atoms with Crippen molar-refractivity contribution in [2.24, 2.45) is 5.92 Å². The predicted molar refractivity (Wildman–Crippen MR) is 43.0 cm³/mol. The average Bonchev–Trinajstić information content (AvgIpc) is 1.85. The van der Waals surface area contributed by atoms with E-state index in [0.29, 0.717) is 12.2 Å². The summed E-state index contributed by atoms with van der Waals surface area (Å²) in [5, 5.41) is 0. The van der Waals surface area contributed by atoms with E-state index in [0.717, 1.165) is 5.92 Å². The van der Waals surface area contributed by atoms with Gasteiger partial charge in [0.05, 0.1) is 12.2 Å². The molecule has 0 aromatic carbocycles. The van der Waals surface area contributed by atoms with Crippen molar-refractivity contribution in [1.82, 2.24) is 0 Å². The highest BCUT2D eigenvalue weighted by Crippen LogP contribution is 2.25. The van der Waals surface area contributed by atoms with Crippen molar-refractivity contribution < 1.29 is 4.74 Å². The Kier molecular flexibility index (Phi) is 2.72. The Hall–Kier alpha value is -0.0400. The molecule has 0 aromatic heterocycles. The molecule has 10 heavy (non-hydrogen) atoms. The Morgan fingerprint density at radius 2 is 2.00 bits per heavy atom. The second kappa shape index (κ2) is 3.38. The summed E-state index contributed by atoms with van der Waals surface area (Å²) in [7, 11) is 0. The fourth-order valence-electron chi connectivity index (χ4n) is 1.81. The van der Waals surface area contributed by atoms with Crippen LogP contribution in [0, 0.1) is 5.92 Å². The van der Waals surface area contributed by atoms with Gasteiger partial charge in [-0.15, -0.1) is 0 Å². The Morgan fingerprint density at radius 1 is 1.30 bits per heavy atom. The standard InChI is InChI=1S/C9H18O/c1-4-9-6-7(2)5-8(3)10-9/h7-9H,4-6H2,1-3H3/t7-,8?,9?/m0/s1. The van der Waals surface area contributed by atoms with E-state index in [-0.39, 0.29) is 0 Å². The van der Waals surface area contributed by atoms with Crippen LogP contribution in [0.15, 0.2) is 0 Å². The van der Waals surface area contributed by atoms with Crippen LogP contribution in [0.2, 0.25) is 0 Å². The van der Waals surface area contributed by atoms with Gasteiger partial charge in [0, 0.05) is 0 Å². The molecule has 1 fully saturated rings. The van der Waals surface area contributed by atoms with E-state index in [1.807, 2.05) is 0 Å². The van der Waals surface area contributed by atoms with E-state index in [4.69, 9.17) is 4.74 Å². The lowest BCUT2D eigenvalue weighted by Crippen LogP contribution is -2.29. The molecule has 60 valence electrons. The fourth-order valence-corrected chi connectivity index (χ4v) is 1.81. The summed E-state index contributed by atoms with van der Waals surface area (Å²) < 4.78 is 5.71. The third-order valence-electron chi connectivity index (χ3n) is 2.28. The highest BCUT2D eigenvalue weighted by atomic mass is 16.5. The second-order valence-corrected chi connectivity index (χ2v) is 3.55. The highest BCUT2D eigenvalue weighted by molar-refractivity contribution is 4.71. The molecule has 1 saturated heterocycles. The monoisotopic (exact) mass is 142 g/mol. The lowest BCUT2D eigenvalue weighted by molar-refractivity contribution is -0.0594. The molecule has 1 rings (SSSR count). The summed E-state index contributed by atoms with van der Waals surface area (Å²) in [6.45, 7) is 6.70. The van der Waals surface area contributed by atoms with Gasteiger partial charge < -0.3 is 4.74 Å². The first kappa shape index (κ1) is 8.06. The molecule has 0 amide bonds. The Labute approximate surface area is 63.8 Å². The van der Waals surface area contributed by atoms with Gasteiger partial charge in [0.15, 0.2) is 0 Å². The SMILES string of the molecule is CCC1C[C@@H](C)CC(C)O1. The van der Waals surface area contributed by atoms with Gasteiger partial charge in [0.1, 0.15) is 0 Å². The van der Waals surface area contributed by atoms with Gasteiger partial charge in [0.2, 0.25) is 0 Å². The Morgan fingerprint density at radius 3 is 2.50 bits per heavy atom. The molecule has 0 saturated carbocycles. The maximum absolute atomic E-state index is 5.71. The lowest BCUT2D eigenvalue weighted by atomic mass is 9.93. The van der Waals surface area contributed by atoms with Crippen molar-refractivity contribution in [1.29, 1.82) is 0 Å². The van der Waals surface area contributed by atoms with Crippen molar-refractivity contribution in [2.45, 2.75) is 52.2 Å². The van der Waals surface area contributed by atoms with Crippen LogP contribution in [0.1, 0.15) is 40.0 Å². The third-order valence-corrected chi connectivity index (χ3v) is 2.28. The van der Waals surface area contributed by atoms with Gasteiger partial charge in [-0.05, 0) is 32.1 Å². The molecular formula is C9H18O. The van der Waals surface area contributed by atoms with Crippen LogP contribution >= 0.6 is 0 Å². The van der Waals surface area contributed by atoms with Gasteiger partial charge in [-0.25, -0.2) is 0 Å². The molecule has 0 aliphatic carbocycles. The van der Waals surface area contributed by atoms with Crippen molar-refractivity contribution in [2.75, 3.05) is 0 Å². The molecule has 1 heterocycles. The molecule has 0 radical (unpaired) electrons. The molecular weight excluding hydrogens is 124 g/mol. The topological polar surface area (TPSA) is 9.23 Å². The van der Waals surface area contributed by atoms with Crippen LogP contribution in [-0.2, 0) is 4.74 Å². The summed E-state index contributed by atoms with van der Waals surface area (Å²) in [4.78, 5) is 0. The van der Waals surface area contributed by atoms with Crippen LogP contribution < -0.4 is 0 Å². The fraction of sp³-hybridized carbons (Fsp3) is 1.00. The minimum absolute atomic E-state index is 0.494. The first-order valence-electron chi connectivity index (χ1n) is 4.37. The van der Waals surface area contributed by atoms with E-state index in [2.05, 4.69) is 20.8 Å². The molecule has 1 aliphatic heterocycles. The van der Waals surface area contributed by atoms with E-state index in [1.54, 1.807) is 0 Å². The van der Waals surface area contributed by atoms with Gasteiger partial charge in [-0.1, -0.05) is 13.8 Å². The number of hydrogen-bond acceptors (Lipinski definition) is 1. The van der Waals surface area contributed by atoms with Gasteiger partial charge in [-0.2, -0.15) is 0 Å². The van der Waals surface area contributed by atoms with Crippen molar-refractivity contribution >= 4 is 0 Å². The van der Waals surface area contributed by atoms with Crippen LogP contribution in [-0.4, -0.2) is 12.2 Å². The molecule has 1 nitrogen and oxygen atoms in total. The molecule has 0 spiro atoms.